The van der Waals surface area contributed by atoms with Gasteiger partial charge in [0.15, 0.2) is 0 Å². The summed E-state index contributed by atoms with van der Waals surface area (Å²) in [5.41, 5.74) is 2.80. The molecule has 1 aliphatic heterocycles. The van der Waals surface area contributed by atoms with Gasteiger partial charge in [-0.05, 0) is 35.7 Å². The standard InChI is InChI=1S/C24H29N3O4/c1-5-20-15(2)22(26-24(30)31-14-17-9-7-6-8-10-17)19-13-18(23(29)25-4)11-12-21(19)27(20)16(3)28/h6-13,15,20,22H,5,14H2,1-4H3,(H,25,29)(H,26,30)/t15-,20-,22?/m0/s1. The Balaban J connectivity index is 1.92. The van der Waals surface area contributed by atoms with Gasteiger partial charge in [0.05, 0.1) is 6.04 Å². The number of carbonyl (C=O) groups is 3. The largest absolute Gasteiger partial charge is 0.445 e. The van der Waals surface area contributed by atoms with Crippen molar-refractivity contribution in [2.45, 2.75) is 45.9 Å². The number of anilines is 1. The Morgan fingerprint density at radius 1 is 1.10 bits per heavy atom. The Labute approximate surface area is 182 Å². The first kappa shape index (κ1) is 22.3. The van der Waals surface area contributed by atoms with Crippen LogP contribution in [0.15, 0.2) is 48.5 Å². The van der Waals surface area contributed by atoms with E-state index in [2.05, 4.69) is 10.6 Å². The Morgan fingerprint density at radius 2 is 1.81 bits per heavy atom. The van der Waals surface area contributed by atoms with Gasteiger partial charge in [0, 0.05) is 37.2 Å². The third kappa shape index (κ3) is 4.71. The van der Waals surface area contributed by atoms with Crippen LogP contribution < -0.4 is 15.5 Å². The van der Waals surface area contributed by atoms with E-state index in [0.29, 0.717) is 11.3 Å². The molecule has 2 aromatic rings. The van der Waals surface area contributed by atoms with Crippen LogP contribution in [0, 0.1) is 5.92 Å². The number of fused-ring (bicyclic) bond motifs is 1. The third-order valence-corrected chi connectivity index (χ3v) is 5.82. The number of hydrogen-bond acceptors (Lipinski definition) is 4. The van der Waals surface area contributed by atoms with Gasteiger partial charge in [-0.1, -0.05) is 44.2 Å². The number of ether oxygens (including phenoxy) is 1. The van der Waals surface area contributed by atoms with E-state index in [1.54, 1.807) is 30.1 Å². The zero-order valence-corrected chi connectivity index (χ0v) is 18.3. The average Bonchev–Trinajstić information content (AvgIpc) is 2.78. The summed E-state index contributed by atoms with van der Waals surface area (Å²) < 4.78 is 5.43. The van der Waals surface area contributed by atoms with Crippen molar-refractivity contribution in [3.63, 3.8) is 0 Å². The molecule has 7 heteroatoms. The maximum absolute atomic E-state index is 12.6. The van der Waals surface area contributed by atoms with E-state index in [1.807, 2.05) is 44.2 Å². The molecule has 0 aromatic heterocycles. The molecular weight excluding hydrogens is 394 g/mol. The summed E-state index contributed by atoms with van der Waals surface area (Å²) in [5, 5.41) is 5.59. The van der Waals surface area contributed by atoms with Crippen LogP contribution in [0.3, 0.4) is 0 Å². The molecule has 1 aliphatic rings. The number of nitrogens with one attached hydrogen (secondary N) is 2. The Hall–Kier alpha value is -3.35. The van der Waals surface area contributed by atoms with Crippen LogP contribution in [0.1, 0.15) is 54.7 Å². The number of amides is 3. The summed E-state index contributed by atoms with van der Waals surface area (Å²) in [6.45, 7) is 5.72. The molecule has 31 heavy (non-hydrogen) atoms. The summed E-state index contributed by atoms with van der Waals surface area (Å²) in [6, 6.07) is 14.2. The molecule has 164 valence electrons. The number of rotatable bonds is 5. The second-order valence-electron chi connectivity index (χ2n) is 7.76. The molecule has 0 saturated carbocycles. The molecule has 7 nitrogen and oxygen atoms in total. The lowest BCUT2D eigenvalue weighted by Gasteiger charge is -2.45. The van der Waals surface area contributed by atoms with E-state index in [0.717, 1.165) is 17.5 Å². The molecule has 3 amide bonds. The lowest BCUT2D eigenvalue weighted by atomic mass is 9.80. The lowest BCUT2D eigenvalue weighted by molar-refractivity contribution is -0.117. The van der Waals surface area contributed by atoms with Crippen LogP contribution in [-0.2, 0) is 16.1 Å². The Kier molecular flexibility index (Phi) is 6.95. The van der Waals surface area contributed by atoms with Gasteiger partial charge in [-0.3, -0.25) is 9.59 Å². The van der Waals surface area contributed by atoms with Gasteiger partial charge in [-0.15, -0.1) is 0 Å². The lowest BCUT2D eigenvalue weighted by Crippen LogP contribution is -2.51. The highest BCUT2D eigenvalue weighted by Gasteiger charge is 2.40. The molecule has 0 bridgehead atoms. The van der Waals surface area contributed by atoms with Crippen LogP contribution in [0.5, 0.6) is 0 Å². The fraction of sp³-hybridized carbons (Fsp3) is 0.375. The van der Waals surface area contributed by atoms with E-state index < -0.39 is 12.1 Å². The summed E-state index contributed by atoms with van der Waals surface area (Å²) in [4.78, 5) is 39.1. The summed E-state index contributed by atoms with van der Waals surface area (Å²) in [7, 11) is 1.57. The number of alkyl carbamates (subject to hydrolysis) is 1. The Bertz CT molecular complexity index is 961. The Morgan fingerprint density at radius 3 is 2.42 bits per heavy atom. The van der Waals surface area contributed by atoms with E-state index in [-0.39, 0.29) is 30.4 Å². The molecule has 3 atom stereocenters. The molecule has 1 unspecified atom stereocenters. The van der Waals surface area contributed by atoms with Crippen molar-refractivity contribution in [2.75, 3.05) is 11.9 Å². The predicted octanol–water partition coefficient (Wildman–Crippen LogP) is 3.79. The first-order valence-corrected chi connectivity index (χ1v) is 10.5. The van der Waals surface area contributed by atoms with Crippen molar-refractivity contribution in [2.24, 2.45) is 5.92 Å². The topological polar surface area (TPSA) is 87.7 Å². The quantitative estimate of drug-likeness (QED) is 0.766. The zero-order chi connectivity index (χ0) is 22.5. The summed E-state index contributed by atoms with van der Waals surface area (Å²) >= 11 is 0. The van der Waals surface area contributed by atoms with Crippen LogP contribution in [0.4, 0.5) is 10.5 Å². The van der Waals surface area contributed by atoms with E-state index in [4.69, 9.17) is 4.74 Å². The number of carbonyl (C=O) groups excluding carboxylic acids is 3. The highest BCUT2D eigenvalue weighted by molar-refractivity contribution is 5.97. The summed E-state index contributed by atoms with van der Waals surface area (Å²) in [6.07, 6.45) is 0.192. The molecule has 2 N–H and O–H groups in total. The molecule has 0 radical (unpaired) electrons. The minimum absolute atomic E-state index is 0.0715. The van der Waals surface area contributed by atoms with Crippen molar-refractivity contribution in [3.05, 3.63) is 65.2 Å². The van der Waals surface area contributed by atoms with Gasteiger partial charge in [0.2, 0.25) is 5.91 Å². The third-order valence-electron chi connectivity index (χ3n) is 5.82. The highest BCUT2D eigenvalue weighted by atomic mass is 16.5. The average molecular weight is 424 g/mol. The molecule has 3 rings (SSSR count). The second-order valence-corrected chi connectivity index (χ2v) is 7.76. The van der Waals surface area contributed by atoms with Crippen molar-refractivity contribution in [1.82, 2.24) is 10.6 Å². The van der Waals surface area contributed by atoms with Crippen LogP contribution in [0.2, 0.25) is 0 Å². The SMILES string of the molecule is CC[C@H]1[C@H](C)C(NC(=O)OCc2ccccc2)c2cc(C(=O)NC)ccc2N1C(C)=O. The monoisotopic (exact) mass is 423 g/mol. The van der Waals surface area contributed by atoms with Crippen molar-refractivity contribution < 1.29 is 19.1 Å². The first-order valence-electron chi connectivity index (χ1n) is 10.5. The van der Waals surface area contributed by atoms with Gasteiger partial charge in [0.1, 0.15) is 6.61 Å². The van der Waals surface area contributed by atoms with Crippen molar-refractivity contribution in [3.8, 4) is 0 Å². The van der Waals surface area contributed by atoms with Crippen LogP contribution in [0.25, 0.3) is 0 Å². The van der Waals surface area contributed by atoms with Crippen molar-refractivity contribution >= 4 is 23.6 Å². The maximum Gasteiger partial charge on any atom is 0.407 e. The van der Waals surface area contributed by atoms with Gasteiger partial charge in [-0.25, -0.2) is 4.79 Å². The van der Waals surface area contributed by atoms with Crippen LogP contribution >= 0.6 is 0 Å². The minimum atomic E-state index is -0.539. The molecule has 2 aromatic carbocycles. The predicted molar refractivity (Wildman–Crippen MR) is 119 cm³/mol. The molecule has 0 spiro atoms. The van der Waals surface area contributed by atoms with Gasteiger partial charge in [0.25, 0.3) is 5.91 Å². The molecule has 0 aliphatic carbocycles. The minimum Gasteiger partial charge on any atom is -0.445 e. The zero-order valence-electron chi connectivity index (χ0n) is 18.3. The highest BCUT2D eigenvalue weighted by Crippen LogP contribution is 2.42. The van der Waals surface area contributed by atoms with Gasteiger partial charge < -0.3 is 20.3 Å². The first-order chi connectivity index (χ1) is 14.9. The van der Waals surface area contributed by atoms with E-state index in [1.165, 1.54) is 6.92 Å². The smallest absolute Gasteiger partial charge is 0.407 e. The van der Waals surface area contributed by atoms with Crippen LogP contribution in [-0.4, -0.2) is 31.0 Å². The van der Waals surface area contributed by atoms with E-state index in [9.17, 15) is 14.4 Å². The normalized spacial score (nSPS) is 19.9. The fourth-order valence-electron chi connectivity index (χ4n) is 4.29. The number of benzene rings is 2. The van der Waals surface area contributed by atoms with Gasteiger partial charge in [-0.2, -0.15) is 0 Å². The molecule has 0 fully saturated rings. The summed E-state index contributed by atoms with van der Waals surface area (Å²) in [5.74, 6) is -0.379. The van der Waals surface area contributed by atoms with Gasteiger partial charge >= 0.3 is 6.09 Å². The second kappa shape index (κ2) is 9.64. The molecule has 1 heterocycles. The molecular formula is C24H29N3O4. The number of hydrogen-bond donors (Lipinski definition) is 2. The molecule has 0 saturated heterocycles. The fourth-order valence-corrected chi connectivity index (χ4v) is 4.29. The van der Waals surface area contributed by atoms with Crippen molar-refractivity contribution in [1.29, 1.82) is 0 Å². The van der Waals surface area contributed by atoms with E-state index >= 15 is 0 Å². The maximum atomic E-state index is 12.6. The number of nitrogens with zero attached hydrogens (tertiary/aromatic N) is 1.